The first-order valence-electron chi connectivity index (χ1n) is 9.09. The fourth-order valence-electron chi connectivity index (χ4n) is 3.00. The number of esters is 1. The largest absolute Gasteiger partial charge is 0.481 e. The van der Waals surface area contributed by atoms with Crippen LogP contribution in [0.4, 0.5) is 4.39 Å². The van der Waals surface area contributed by atoms with Crippen LogP contribution < -0.4 is 4.74 Å². The average Bonchev–Trinajstić information content (AvgIpc) is 2.68. The van der Waals surface area contributed by atoms with E-state index >= 15 is 0 Å². The molecule has 0 saturated carbocycles. The normalized spacial score (nSPS) is 10.6. The number of carbonyl (C=O) groups excluding carboxylic acids is 1. The molecular formula is C23H20FNO4. The lowest BCUT2D eigenvalue weighted by atomic mass is 9.99. The fourth-order valence-corrected chi connectivity index (χ4v) is 3.00. The molecule has 29 heavy (non-hydrogen) atoms. The number of ether oxygens (including phenoxy) is 1. The van der Waals surface area contributed by atoms with Gasteiger partial charge in [0.1, 0.15) is 11.6 Å². The van der Waals surface area contributed by atoms with Crippen LogP contribution in [0.2, 0.25) is 0 Å². The summed E-state index contributed by atoms with van der Waals surface area (Å²) in [7, 11) is 0. The molecule has 6 heteroatoms. The predicted octanol–water partition coefficient (Wildman–Crippen LogP) is 4.74. The summed E-state index contributed by atoms with van der Waals surface area (Å²) in [6.07, 6.45) is 1.54. The molecule has 0 amide bonds. The number of hydrogen-bond donors (Lipinski definition) is 1. The SMILES string of the molecule is Cc1cc(-c2ccc(C(=O)Oc3cccc(CCC(=O)O)c3)c(C)c2)c(F)cn1. The quantitative estimate of drug-likeness (QED) is 0.483. The van der Waals surface area contributed by atoms with Crippen molar-refractivity contribution in [2.45, 2.75) is 26.7 Å². The standard InChI is InChI=1S/C23H20FNO4/c1-14-10-17(20-11-15(2)25-13-21(20)24)7-8-19(14)23(28)29-18-5-3-4-16(12-18)6-9-22(26)27/h3-5,7-8,10-13H,6,9H2,1-2H3,(H,26,27). The zero-order valence-corrected chi connectivity index (χ0v) is 16.1. The van der Waals surface area contributed by atoms with Crippen LogP contribution >= 0.6 is 0 Å². The molecule has 2 aromatic carbocycles. The maximum atomic E-state index is 14.1. The Morgan fingerprint density at radius 1 is 1.10 bits per heavy atom. The number of pyridine rings is 1. The number of rotatable bonds is 6. The van der Waals surface area contributed by atoms with Crippen molar-refractivity contribution >= 4 is 11.9 Å². The number of benzene rings is 2. The Labute approximate surface area is 167 Å². The molecular weight excluding hydrogens is 373 g/mol. The molecule has 3 aromatic rings. The number of hydrogen-bond acceptors (Lipinski definition) is 4. The molecule has 148 valence electrons. The van der Waals surface area contributed by atoms with E-state index in [0.717, 1.165) is 5.56 Å². The lowest BCUT2D eigenvalue weighted by Crippen LogP contribution is -2.10. The average molecular weight is 393 g/mol. The van der Waals surface area contributed by atoms with Crippen molar-refractivity contribution in [2.24, 2.45) is 0 Å². The van der Waals surface area contributed by atoms with E-state index in [0.29, 0.717) is 40.1 Å². The Morgan fingerprint density at radius 3 is 2.62 bits per heavy atom. The summed E-state index contributed by atoms with van der Waals surface area (Å²) in [5, 5.41) is 8.79. The monoisotopic (exact) mass is 393 g/mol. The Bertz CT molecular complexity index is 1080. The van der Waals surface area contributed by atoms with Crippen LogP contribution in [-0.2, 0) is 11.2 Å². The number of nitrogens with zero attached hydrogens (tertiary/aromatic N) is 1. The van der Waals surface area contributed by atoms with E-state index in [1.54, 1.807) is 62.4 Å². The van der Waals surface area contributed by atoms with E-state index < -0.39 is 17.8 Å². The number of carbonyl (C=O) groups is 2. The van der Waals surface area contributed by atoms with Crippen LogP contribution in [0.15, 0.2) is 54.7 Å². The Balaban J connectivity index is 1.79. The molecule has 1 aromatic heterocycles. The van der Waals surface area contributed by atoms with Gasteiger partial charge in [-0.15, -0.1) is 0 Å². The zero-order chi connectivity index (χ0) is 21.0. The van der Waals surface area contributed by atoms with Crippen LogP contribution in [0.5, 0.6) is 5.75 Å². The minimum atomic E-state index is -0.885. The second kappa shape index (κ2) is 8.65. The van der Waals surface area contributed by atoms with Gasteiger partial charge in [0.15, 0.2) is 0 Å². The number of carboxylic acid groups (broad SMARTS) is 1. The van der Waals surface area contributed by atoms with Gasteiger partial charge in [0.25, 0.3) is 0 Å². The van der Waals surface area contributed by atoms with Crippen molar-refractivity contribution in [2.75, 3.05) is 0 Å². The van der Waals surface area contributed by atoms with Crippen molar-refractivity contribution in [3.63, 3.8) is 0 Å². The molecule has 0 atom stereocenters. The summed E-state index contributed by atoms with van der Waals surface area (Å²) in [4.78, 5) is 27.2. The van der Waals surface area contributed by atoms with Gasteiger partial charge in [-0.3, -0.25) is 9.78 Å². The number of aromatic nitrogens is 1. The first kappa shape index (κ1) is 20.2. The Morgan fingerprint density at radius 2 is 1.90 bits per heavy atom. The molecule has 0 fully saturated rings. The topological polar surface area (TPSA) is 76.5 Å². The van der Waals surface area contributed by atoms with E-state index in [1.807, 2.05) is 0 Å². The molecule has 0 spiro atoms. The highest BCUT2D eigenvalue weighted by molar-refractivity contribution is 5.93. The minimum absolute atomic E-state index is 0.00299. The van der Waals surface area contributed by atoms with E-state index in [4.69, 9.17) is 9.84 Å². The van der Waals surface area contributed by atoms with Crippen LogP contribution in [0.3, 0.4) is 0 Å². The molecule has 1 N–H and O–H groups in total. The maximum Gasteiger partial charge on any atom is 0.343 e. The van der Waals surface area contributed by atoms with Crippen LogP contribution in [-0.4, -0.2) is 22.0 Å². The summed E-state index contributed by atoms with van der Waals surface area (Å²) in [5.74, 6) is -1.50. The summed E-state index contributed by atoms with van der Waals surface area (Å²) < 4.78 is 19.5. The van der Waals surface area contributed by atoms with E-state index in [9.17, 15) is 14.0 Å². The summed E-state index contributed by atoms with van der Waals surface area (Å²) in [6.45, 7) is 3.54. The molecule has 0 unspecified atom stereocenters. The van der Waals surface area contributed by atoms with Gasteiger partial charge in [0.05, 0.1) is 11.8 Å². The fraction of sp³-hybridized carbons (Fsp3) is 0.174. The Hall–Kier alpha value is -3.54. The van der Waals surface area contributed by atoms with E-state index in [1.165, 1.54) is 6.20 Å². The first-order valence-corrected chi connectivity index (χ1v) is 9.09. The third-order valence-corrected chi connectivity index (χ3v) is 4.49. The number of aliphatic carboxylic acids is 1. The van der Waals surface area contributed by atoms with Gasteiger partial charge in [0.2, 0.25) is 0 Å². The van der Waals surface area contributed by atoms with Gasteiger partial charge in [-0.25, -0.2) is 9.18 Å². The molecule has 0 aliphatic carbocycles. The third-order valence-electron chi connectivity index (χ3n) is 4.49. The molecule has 0 saturated heterocycles. The van der Waals surface area contributed by atoms with Gasteiger partial charge >= 0.3 is 11.9 Å². The van der Waals surface area contributed by atoms with Gasteiger partial charge in [-0.1, -0.05) is 24.3 Å². The first-order chi connectivity index (χ1) is 13.8. The van der Waals surface area contributed by atoms with Crippen LogP contribution in [0, 0.1) is 19.7 Å². The molecule has 5 nitrogen and oxygen atoms in total. The lowest BCUT2D eigenvalue weighted by molar-refractivity contribution is -0.136. The summed E-state index contributed by atoms with van der Waals surface area (Å²) in [6, 6.07) is 13.5. The third kappa shape index (κ3) is 5.04. The van der Waals surface area contributed by atoms with Crippen LogP contribution in [0.1, 0.15) is 33.6 Å². The number of halogens is 1. The zero-order valence-electron chi connectivity index (χ0n) is 16.1. The van der Waals surface area contributed by atoms with Crippen molar-refractivity contribution in [3.8, 4) is 16.9 Å². The van der Waals surface area contributed by atoms with Crippen molar-refractivity contribution in [1.82, 2.24) is 4.98 Å². The van der Waals surface area contributed by atoms with Gasteiger partial charge in [0, 0.05) is 17.7 Å². The second-order valence-electron chi connectivity index (χ2n) is 6.77. The van der Waals surface area contributed by atoms with E-state index in [-0.39, 0.29) is 6.42 Å². The van der Waals surface area contributed by atoms with Crippen molar-refractivity contribution < 1.29 is 23.8 Å². The number of aryl methyl sites for hydroxylation is 3. The van der Waals surface area contributed by atoms with Crippen molar-refractivity contribution in [1.29, 1.82) is 0 Å². The predicted molar refractivity (Wildman–Crippen MR) is 106 cm³/mol. The molecule has 0 radical (unpaired) electrons. The highest BCUT2D eigenvalue weighted by atomic mass is 19.1. The summed E-state index contributed by atoms with van der Waals surface area (Å²) in [5.41, 5.74) is 3.57. The molecule has 1 heterocycles. The lowest BCUT2D eigenvalue weighted by Gasteiger charge is -2.10. The van der Waals surface area contributed by atoms with E-state index in [2.05, 4.69) is 4.98 Å². The molecule has 0 aliphatic rings. The highest BCUT2D eigenvalue weighted by Crippen LogP contribution is 2.26. The van der Waals surface area contributed by atoms with Gasteiger partial charge < -0.3 is 9.84 Å². The van der Waals surface area contributed by atoms with Gasteiger partial charge in [-0.05, 0) is 61.2 Å². The van der Waals surface area contributed by atoms with Gasteiger partial charge in [-0.2, -0.15) is 0 Å². The molecule has 0 aliphatic heterocycles. The van der Waals surface area contributed by atoms with Crippen molar-refractivity contribution in [3.05, 3.63) is 82.9 Å². The van der Waals surface area contributed by atoms with Crippen LogP contribution in [0.25, 0.3) is 11.1 Å². The maximum absolute atomic E-state index is 14.1. The minimum Gasteiger partial charge on any atom is -0.481 e. The number of carboxylic acids is 1. The molecule has 3 rings (SSSR count). The molecule has 0 bridgehead atoms. The Kier molecular flexibility index (Phi) is 6.02. The second-order valence-corrected chi connectivity index (χ2v) is 6.77. The summed E-state index contributed by atoms with van der Waals surface area (Å²) >= 11 is 0. The smallest absolute Gasteiger partial charge is 0.343 e. The highest BCUT2D eigenvalue weighted by Gasteiger charge is 2.14.